The number of nitrogens with zero attached hydrogens (tertiary/aromatic N) is 3. The number of pyridine rings is 1. The van der Waals surface area contributed by atoms with Crippen LogP contribution < -0.4 is 0 Å². The second-order valence-electron chi connectivity index (χ2n) is 13.7. The van der Waals surface area contributed by atoms with Gasteiger partial charge in [0.1, 0.15) is 17.0 Å². The first-order chi connectivity index (χ1) is 26.8. The van der Waals surface area contributed by atoms with Gasteiger partial charge in [0.15, 0.2) is 0 Å². The Morgan fingerprint density at radius 2 is 0.981 bits per heavy atom. The molecule has 0 aliphatic rings. The first-order valence-corrected chi connectivity index (χ1v) is 18.2. The van der Waals surface area contributed by atoms with Gasteiger partial charge in [-0.15, -0.1) is 0 Å². The summed E-state index contributed by atoms with van der Waals surface area (Å²) in [5.41, 5.74) is 13.5. The van der Waals surface area contributed by atoms with Crippen LogP contribution in [0.15, 0.2) is 192 Å². The Morgan fingerprint density at radius 3 is 1.74 bits per heavy atom. The average Bonchev–Trinajstić information content (AvgIpc) is 3.82. The van der Waals surface area contributed by atoms with Gasteiger partial charge in [-0.3, -0.25) is 4.57 Å². The third-order valence-corrected chi connectivity index (χ3v) is 10.6. The molecule has 11 aromatic rings. The number of benzene rings is 8. The SMILES string of the molecule is c1ccc(-c2nc3ccccc3c3c(-c4ccc(-c5ccc(-n6c(-c7ccccc7)nc7ccccc76)cc5)cc4)c4c(cc23)oc2ccccc24)cc1. The lowest BCUT2D eigenvalue weighted by molar-refractivity contribution is 0.669. The number of hydrogen-bond donors (Lipinski definition) is 0. The van der Waals surface area contributed by atoms with Gasteiger partial charge in [0.25, 0.3) is 0 Å². The zero-order valence-corrected chi connectivity index (χ0v) is 29.1. The molecule has 0 atom stereocenters. The molecule has 252 valence electrons. The zero-order valence-electron chi connectivity index (χ0n) is 29.1. The van der Waals surface area contributed by atoms with E-state index in [1.165, 1.54) is 5.39 Å². The fourth-order valence-electron chi connectivity index (χ4n) is 8.12. The Kier molecular flexibility index (Phi) is 6.82. The highest BCUT2D eigenvalue weighted by Crippen LogP contribution is 2.46. The summed E-state index contributed by atoms with van der Waals surface area (Å²) < 4.78 is 8.84. The number of para-hydroxylation sites is 4. The summed E-state index contributed by atoms with van der Waals surface area (Å²) in [6.45, 7) is 0. The largest absolute Gasteiger partial charge is 0.456 e. The normalized spacial score (nSPS) is 11.7. The van der Waals surface area contributed by atoms with Gasteiger partial charge in [0.2, 0.25) is 0 Å². The van der Waals surface area contributed by atoms with Crippen LogP contribution in [0.25, 0.3) is 105 Å². The van der Waals surface area contributed by atoms with Crippen LogP contribution in [0.4, 0.5) is 0 Å². The highest BCUT2D eigenvalue weighted by atomic mass is 16.3. The molecule has 3 aromatic heterocycles. The summed E-state index contributed by atoms with van der Waals surface area (Å²) in [4.78, 5) is 10.3. The van der Waals surface area contributed by atoms with Crippen molar-refractivity contribution in [3.05, 3.63) is 188 Å². The van der Waals surface area contributed by atoms with E-state index in [0.717, 1.165) is 99.8 Å². The number of fused-ring (bicyclic) bond motifs is 7. The van der Waals surface area contributed by atoms with Crippen molar-refractivity contribution in [1.82, 2.24) is 14.5 Å². The number of imidazole rings is 1. The Hall–Kier alpha value is -7.30. The lowest BCUT2D eigenvalue weighted by atomic mass is 9.89. The molecule has 0 aliphatic carbocycles. The van der Waals surface area contributed by atoms with Crippen LogP contribution in [0, 0.1) is 0 Å². The van der Waals surface area contributed by atoms with Gasteiger partial charge in [-0.1, -0.05) is 146 Å². The van der Waals surface area contributed by atoms with E-state index in [2.05, 4.69) is 168 Å². The first-order valence-electron chi connectivity index (χ1n) is 18.2. The molecule has 0 fully saturated rings. The molecule has 8 aromatic carbocycles. The van der Waals surface area contributed by atoms with Crippen LogP contribution in [-0.4, -0.2) is 14.5 Å². The molecule has 4 nitrogen and oxygen atoms in total. The Balaban J connectivity index is 1.08. The molecule has 0 bridgehead atoms. The summed E-state index contributed by atoms with van der Waals surface area (Å²) in [6.07, 6.45) is 0. The van der Waals surface area contributed by atoms with Crippen LogP contribution in [0.1, 0.15) is 0 Å². The van der Waals surface area contributed by atoms with Crippen LogP contribution in [0.2, 0.25) is 0 Å². The van der Waals surface area contributed by atoms with E-state index in [1.54, 1.807) is 0 Å². The van der Waals surface area contributed by atoms with Gasteiger partial charge in [0.05, 0.1) is 22.2 Å². The van der Waals surface area contributed by atoms with Gasteiger partial charge < -0.3 is 4.42 Å². The van der Waals surface area contributed by atoms with E-state index in [-0.39, 0.29) is 0 Å². The summed E-state index contributed by atoms with van der Waals surface area (Å²) in [7, 11) is 0. The predicted octanol–water partition coefficient (Wildman–Crippen LogP) is 13.3. The summed E-state index contributed by atoms with van der Waals surface area (Å²) in [5.74, 6) is 0.931. The minimum atomic E-state index is 0.856. The van der Waals surface area contributed by atoms with Crippen molar-refractivity contribution in [1.29, 1.82) is 0 Å². The maximum absolute atomic E-state index is 6.59. The van der Waals surface area contributed by atoms with Crippen molar-refractivity contribution < 1.29 is 4.42 Å². The Labute approximate surface area is 311 Å². The smallest absolute Gasteiger partial charge is 0.145 e. The fraction of sp³-hybridized carbons (Fsp3) is 0. The van der Waals surface area contributed by atoms with Crippen molar-refractivity contribution in [2.75, 3.05) is 0 Å². The third kappa shape index (κ3) is 4.78. The second kappa shape index (κ2) is 12.1. The summed E-state index contributed by atoms with van der Waals surface area (Å²) in [6, 6.07) is 66.0. The quantitative estimate of drug-likeness (QED) is 0.169. The minimum Gasteiger partial charge on any atom is -0.456 e. The molecule has 0 saturated carbocycles. The average molecular weight is 690 g/mol. The van der Waals surface area contributed by atoms with E-state index < -0.39 is 0 Å². The molecular weight excluding hydrogens is 659 g/mol. The molecule has 0 radical (unpaired) electrons. The topological polar surface area (TPSA) is 43.9 Å². The molecule has 0 spiro atoms. The standard InChI is InChI=1S/C50H31N3O/c1-3-13-35(14-4-1)49-40-31-45-48(39-18-8-12-22-44(39)54-45)46(47(40)38-17-7-9-19-41(38)51-49)34-25-23-32(24-26-34)33-27-29-37(30-28-33)53-43-21-11-10-20-42(43)52-50(53)36-15-5-2-6-16-36/h1-31H. The first kappa shape index (κ1) is 30.3. The maximum atomic E-state index is 6.59. The Morgan fingerprint density at radius 1 is 0.389 bits per heavy atom. The summed E-state index contributed by atoms with van der Waals surface area (Å²) >= 11 is 0. The van der Waals surface area contributed by atoms with Crippen LogP contribution in [0.5, 0.6) is 0 Å². The van der Waals surface area contributed by atoms with Crippen molar-refractivity contribution in [3.8, 4) is 50.6 Å². The van der Waals surface area contributed by atoms with E-state index in [1.807, 2.05) is 24.3 Å². The molecule has 0 saturated heterocycles. The molecule has 3 heterocycles. The lowest BCUT2D eigenvalue weighted by Crippen LogP contribution is -1.97. The zero-order chi connectivity index (χ0) is 35.6. The molecule has 4 heteroatoms. The molecule has 0 N–H and O–H groups in total. The molecular formula is C50H31N3O. The number of furan rings is 1. The molecule has 54 heavy (non-hydrogen) atoms. The van der Waals surface area contributed by atoms with Gasteiger partial charge >= 0.3 is 0 Å². The highest BCUT2D eigenvalue weighted by molar-refractivity contribution is 6.27. The molecule has 11 rings (SSSR count). The highest BCUT2D eigenvalue weighted by Gasteiger charge is 2.22. The van der Waals surface area contributed by atoms with Gasteiger partial charge in [-0.2, -0.15) is 0 Å². The van der Waals surface area contributed by atoms with E-state index in [4.69, 9.17) is 14.4 Å². The van der Waals surface area contributed by atoms with E-state index in [0.29, 0.717) is 0 Å². The van der Waals surface area contributed by atoms with Crippen LogP contribution in [-0.2, 0) is 0 Å². The molecule has 0 unspecified atom stereocenters. The van der Waals surface area contributed by atoms with Crippen molar-refractivity contribution in [2.24, 2.45) is 0 Å². The van der Waals surface area contributed by atoms with Gasteiger partial charge in [-0.25, -0.2) is 9.97 Å². The van der Waals surface area contributed by atoms with Gasteiger partial charge in [-0.05, 0) is 59.2 Å². The van der Waals surface area contributed by atoms with Crippen molar-refractivity contribution in [3.63, 3.8) is 0 Å². The molecule has 0 aliphatic heterocycles. The molecule has 0 amide bonds. The Bertz CT molecular complexity index is 3180. The number of rotatable bonds is 5. The van der Waals surface area contributed by atoms with Crippen LogP contribution in [0.3, 0.4) is 0 Å². The van der Waals surface area contributed by atoms with Gasteiger partial charge in [0, 0.05) is 49.3 Å². The van der Waals surface area contributed by atoms with Crippen molar-refractivity contribution >= 4 is 54.6 Å². The number of hydrogen-bond acceptors (Lipinski definition) is 3. The van der Waals surface area contributed by atoms with E-state index >= 15 is 0 Å². The van der Waals surface area contributed by atoms with Crippen LogP contribution >= 0.6 is 0 Å². The maximum Gasteiger partial charge on any atom is 0.145 e. The summed E-state index contributed by atoms with van der Waals surface area (Å²) in [5, 5.41) is 5.59. The predicted molar refractivity (Wildman–Crippen MR) is 223 cm³/mol. The second-order valence-corrected chi connectivity index (χ2v) is 13.7. The lowest BCUT2D eigenvalue weighted by Gasteiger charge is -2.16. The minimum absolute atomic E-state index is 0.856. The number of aromatic nitrogens is 3. The van der Waals surface area contributed by atoms with E-state index in [9.17, 15) is 0 Å². The van der Waals surface area contributed by atoms with Crippen molar-refractivity contribution in [2.45, 2.75) is 0 Å². The third-order valence-electron chi connectivity index (χ3n) is 10.6. The monoisotopic (exact) mass is 689 g/mol. The fourth-order valence-corrected chi connectivity index (χ4v) is 8.12.